The molecule has 1 fully saturated rings. The summed E-state index contributed by atoms with van der Waals surface area (Å²) in [4.78, 5) is 24.8. The van der Waals surface area contributed by atoms with Crippen LogP contribution in [0.3, 0.4) is 0 Å². The first kappa shape index (κ1) is 25.9. The fourth-order valence-electron chi connectivity index (χ4n) is 5.09. The second kappa shape index (κ2) is 12.2. The summed E-state index contributed by atoms with van der Waals surface area (Å²) in [5, 5.41) is 0. The smallest absolute Gasteiger partial charge is 0.248 e. The quantitative estimate of drug-likeness (QED) is 0.417. The van der Waals surface area contributed by atoms with Gasteiger partial charge in [0.25, 0.3) is 0 Å². The zero-order valence-electron chi connectivity index (χ0n) is 21.0. The second-order valence-corrected chi connectivity index (χ2v) is 9.47. The molecule has 2 heterocycles. The van der Waals surface area contributed by atoms with Crippen LogP contribution in [0.5, 0.6) is 0 Å². The van der Waals surface area contributed by atoms with Gasteiger partial charge < -0.3 is 9.80 Å². The fraction of sp³-hybridized carbons (Fsp3) is 0.333. The van der Waals surface area contributed by atoms with Gasteiger partial charge in [-0.2, -0.15) is 0 Å². The van der Waals surface area contributed by atoms with Gasteiger partial charge in [-0.1, -0.05) is 60.2 Å². The third-order valence-electron chi connectivity index (χ3n) is 7.02. The predicted octanol–water partition coefficient (Wildman–Crippen LogP) is 5.20. The number of halogens is 1. The minimum atomic E-state index is 0. The number of carbonyl (C=O) groups excluding carboxylic acids is 1. The molecule has 0 spiro atoms. The van der Waals surface area contributed by atoms with E-state index in [-0.39, 0.29) is 24.9 Å². The lowest BCUT2D eigenvalue weighted by Gasteiger charge is -2.36. The lowest BCUT2D eigenvalue weighted by atomic mass is 9.98. The van der Waals surface area contributed by atoms with Crippen LogP contribution in [0.15, 0.2) is 83.9 Å². The molecule has 0 aliphatic carbocycles. The molecule has 0 aromatic heterocycles. The topological polar surface area (TPSA) is 39.2 Å². The van der Waals surface area contributed by atoms with Crippen LogP contribution in [0, 0.1) is 6.92 Å². The highest BCUT2D eigenvalue weighted by Gasteiger charge is 2.25. The van der Waals surface area contributed by atoms with Gasteiger partial charge in [-0.3, -0.25) is 14.7 Å². The van der Waals surface area contributed by atoms with Gasteiger partial charge in [0.15, 0.2) is 0 Å². The van der Waals surface area contributed by atoms with Crippen LogP contribution >= 0.6 is 12.4 Å². The van der Waals surface area contributed by atoms with Gasteiger partial charge in [-0.15, -0.1) is 12.4 Å². The Balaban J connectivity index is 0.00000304. The van der Waals surface area contributed by atoms with E-state index in [1.807, 2.05) is 23.1 Å². The minimum absolute atomic E-state index is 0. The average Bonchev–Trinajstić information content (AvgIpc) is 3.04. The molecule has 36 heavy (non-hydrogen) atoms. The van der Waals surface area contributed by atoms with Gasteiger partial charge in [0.05, 0.1) is 11.4 Å². The van der Waals surface area contributed by atoms with E-state index in [1.54, 1.807) is 0 Å². The summed E-state index contributed by atoms with van der Waals surface area (Å²) in [5.74, 6) is 0.0810. The van der Waals surface area contributed by atoms with Crippen LogP contribution in [0.4, 0.5) is 11.4 Å². The fourth-order valence-corrected chi connectivity index (χ4v) is 5.09. The molecule has 0 bridgehead atoms. The highest BCUT2D eigenvalue weighted by Crippen LogP contribution is 2.28. The van der Waals surface area contributed by atoms with E-state index in [2.05, 4.69) is 77.4 Å². The number of carbonyl (C=O) groups is 1. The second-order valence-electron chi connectivity index (χ2n) is 9.47. The number of piperazine rings is 1. The number of aliphatic imine (C=N–C) groups is 1. The Bertz CT molecular complexity index is 1170. The number of fused-ring (bicyclic) bond motifs is 1. The summed E-state index contributed by atoms with van der Waals surface area (Å²) >= 11 is 0. The number of aryl methyl sites for hydroxylation is 1. The Labute approximate surface area is 220 Å². The van der Waals surface area contributed by atoms with Crippen molar-refractivity contribution >= 4 is 35.4 Å². The van der Waals surface area contributed by atoms with Crippen LogP contribution in [-0.4, -0.2) is 62.3 Å². The molecule has 6 heteroatoms. The average molecular weight is 503 g/mol. The minimum Gasteiger partial charge on any atom is -0.369 e. The highest BCUT2D eigenvalue weighted by molar-refractivity contribution is 6.19. The Morgan fingerprint density at radius 2 is 1.47 bits per heavy atom. The summed E-state index contributed by atoms with van der Waals surface area (Å²) in [6.07, 6.45) is 2.07. The number of nitrogens with zero attached hydrogens (tertiary/aromatic N) is 4. The van der Waals surface area contributed by atoms with E-state index in [4.69, 9.17) is 4.99 Å². The van der Waals surface area contributed by atoms with Crippen molar-refractivity contribution in [1.82, 2.24) is 4.90 Å². The number of benzene rings is 3. The number of anilines is 2. The van der Waals surface area contributed by atoms with E-state index < -0.39 is 0 Å². The van der Waals surface area contributed by atoms with E-state index in [0.29, 0.717) is 0 Å². The molecule has 188 valence electrons. The van der Waals surface area contributed by atoms with Crippen LogP contribution in [0.25, 0.3) is 0 Å². The number of para-hydroxylation sites is 1. The summed E-state index contributed by atoms with van der Waals surface area (Å²) in [7, 11) is 0. The zero-order chi connectivity index (χ0) is 24.0. The molecule has 2 aliphatic heterocycles. The largest absolute Gasteiger partial charge is 0.369 e. The third-order valence-corrected chi connectivity index (χ3v) is 7.02. The first-order valence-corrected chi connectivity index (χ1v) is 12.7. The Morgan fingerprint density at radius 3 is 2.19 bits per heavy atom. The van der Waals surface area contributed by atoms with Gasteiger partial charge in [0, 0.05) is 49.5 Å². The first-order chi connectivity index (χ1) is 17.2. The molecular weight excluding hydrogens is 468 g/mol. The number of rotatable bonds is 7. The van der Waals surface area contributed by atoms with Gasteiger partial charge in [0.2, 0.25) is 5.91 Å². The van der Waals surface area contributed by atoms with Crippen LogP contribution in [0.1, 0.15) is 29.5 Å². The SMILES string of the molecule is Cc1ccc2c(c1)C(c1ccccc1)=NCC(=O)N2CCCCN1CCN(c2ccccc2)CC1.Cl. The van der Waals surface area contributed by atoms with E-state index in [1.165, 1.54) is 11.3 Å². The lowest BCUT2D eigenvalue weighted by Crippen LogP contribution is -2.46. The molecule has 1 saturated heterocycles. The molecule has 5 nitrogen and oxygen atoms in total. The molecule has 0 N–H and O–H groups in total. The maximum Gasteiger partial charge on any atom is 0.248 e. The van der Waals surface area contributed by atoms with E-state index in [9.17, 15) is 4.79 Å². The van der Waals surface area contributed by atoms with Gasteiger partial charge in [-0.05, 0) is 50.6 Å². The molecule has 0 radical (unpaired) electrons. The number of unbranched alkanes of at least 4 members (excludes halogenated alkanes) is 1. The van der Waals surface area contributed by atoms with Crippen molar-refractivity contribution in [2.75, 3.05) is 55.6 Å². The van der Waals surface area contributed by atoms with Gasteiger partial charge >= 0.3 is 0 Å². The van der Waals surface area contributed by atoms with Crippen molar-refractivity contribution in [2.45, 2.75) is 19.8 Å². The van der Waals surface area contributed by atoms with E-state index >= 15 is 0 Å². The lowest BCUT2D eigenvalue weighted by molar-refractivity contribution is -0.117. The molecule has 0 unspecified atom stereocenters. The van der Waals surface area contributed by atoms with Gasteiger partial charge in [-0.25, -0.2) is 0 Å². The maximum absolute atomic E-state index is 13.1. The van der Waals surface area contributed by atoms with E-state index in [0.717, 1.165) is 74.6 Å². The summed E-state index contributed by atoms with van der Waals surface area (Å²) in [6, 6.07) is 27.2. The first-order valence-electron chi connectivity index (χ1n) is 12.7. The normalized spacial score (nSPS) is 16.1. The van der Waals surface area contributed by atoms with Crippen molar-refractivity contribution in [3.05, 3.63) is 95.6 Å². The summed E-state index contributed by atoms with van der Waals surface area (Å²) in [6.45, 7) is 8.42. The van der Waals surface area contributed by atoms with Crippen LogP contribution < -0.4 is 9.80 Å². The van der Waals surface area contributed by atoms with Crippen molar-refractivity contribution < 1.29 is 4.79 Å². The van der Waals surface area contributed by atoms with Crippen LogP contribution in [-0.2, 0) is 4.79 Å². The van der Waals surface area contributed by atoms with Crippen molar-refractivity contribution in [3.8, 4) is 0 Å². The highest BCUT2D eigenvalue weighted by atomic mass is 35.5. The summed E-state index contributed by atoms with van der Waals surface area (Å²) < 4.78 is 0. The Hall–Kier alpha value is -3.15. The molecule has 3 aromatic rings. The Kier molecular flexibility index (Phi) is 8.79. The number of benzodiazepines with no additional fused rings is 1. The molecule has 5 rings (SSSR count). The number of hydrogen-bond acceptors (Lipinski definition) is 4. The maximum atomic E-state index is 13.1. The van der Waals surface area contributed by atoms with Crippen LogP contribution in [0.2, 0.25) is 0 Å². The number of amides is 1. The Morgan fingerprint density at radius 1 is 0.806 bits per heavy atom. The predicted molar refractivity (Wildman–Crippen MR) is 152 cm³/mol. The van der Waals surface area contributed by atoms with Crippen molar-refractivity contribution in [1.29, 1.82) is 0 Å². The van der Waals surface area contributed by atoms with Crippen molar-refractivity contribution in [2.24, 2.45) is 4.99 Å². The van der Waals surface area contributed by atoms with Gasteiger partial charge in [0.1, 0.15) is 6.54 Å². The third kappa shape index (κ3) is 5.97. The molecule has 0 atom stereocenters. The number of hydrogen-bond donors (Lipinski definition) is 0. The summed E-state index contributed by atoms with van der Waals surface area (Å²) in [5.41, 5.74) is 6.51. The zero-order valence-corrected chi connectivity index (χ0v) is 21.8. The van der Waals surface area contributed by atoms with Crippen molar-refractivity contribution in [3.63, 3.8) is 0 Å². The molecule has 3 aromatic carbocycles. The molecule has 2 aliphatic rings. The molecule has 1 amide bonds. The molecule has 0 saturated carbocycles. The molecular formula is C30H35ClN4O. The monoisotopic (exact) mass is 502 g/mol. The standard InChI is InChI=1S/C30H34N4O.ClH/c1-24-14-15-28-27(22-24)30(25-10-4-2-5-11-25)31-23-29(35)34(28)17-9-8-16-32-18-20-33(21-19-32)26-12-6-3-7-13-26;/h2-7,10-15,22H,8-9,16-21,23H2,1H3;1H.